The molecule has 0 aliphatic heterocycles. The second-order valence-corrected chi connectivity index (χ2v) is 8.80. The first-order valence-corrected chi connectivity index (χ1v) is 11.6. The molecule has 0 saturated carbocycles. The van der Waals surface area contributed by atoms with Gasteiger partial charge in [0, 0.05) is 35.0 Å². The Morgan fingerprint density at radius 3 is 2.38 bits per heavy atom. The van der Waals surface area contributed by atoms with Gasteiger partial charge in [-0.1, -0.05) is 30.3 Å². The number of benzene rings is 2. The monoisotopic (exact) mass is 460 g/mol. The molecule has 2 amide bonds. The number of hydrogen-bond donors (Lipinski definition) is 1. The molecule has 4 rings (SSSR count). The van der Waals surface area contributed by atoms with Gasteiger partial charge in [0.15, 0.2) is 5.13 Å². The van der Waals surface area contributed by atoms with E-state index in [4.69, 9.17) is 0 Å². The molecular weight excluding hydrogens is 440 g/mol. The largest absolute Gasteiger partial charge is 0.323 e. The molecule has 0 atom stereocenters. The van der Waals surface area contributed by atoms with Crippen molar-refractivity contribution in [1.82, 2.24) is 9.97 Å². The summed E-state index contributed by atoms with van der Waals surface area (Å²) in [7, 11) is 0. The van der Waals surface area contributed by atoms with Crippen molar-refractivity contribution in [3.63, 3.8) is 0 Å². The number of carbonyl (C=O) groups excluding carboxylic acids is 2. The fourth-order valence-corrected chi connectivity index (χ4v) is 4.50. The minimum Gasteiger partial charge on any atom is -0.323 e. The molecule has 0 radical (unpaired) electrons. The van der Waals surface area contributed by atoms with Gasteiger partial charge in [-0.3, -0.25) is 14.5 Å². The molecule has 1 N–H and O–H groups in total. The number of amides is 2. The van der Waals surface area contributed by atoms with Crippen molar-refractivity contribution in [2.45, 2.75) is 13.8 Å². The van der Waals surface area contributed by atoms with Crippen molar-refractivity contribution in [3.8, 4) is 11.3 Å². The van der Waals surface area contributed by atoms with Gasteiger partial charge in [-0.2, -0.15) is 0 Å². The molecule has 0 spiro atoms. The number of aryl methyl sites for hydroxylation is 1. The Morgan fingerprint density at radius 1 is 0.969 bits per heavy atom. The first-order valence-electron chi connectivity index (χ1n) is 9.82. The summed E-state index contributed by atoms with van der Waals surface area (Å²) >= 11 is 2.95. The lowest BCUT2D eigenvalue weighted by molar-refractivity contribution is -0.116. The number of nitrogens with zero attached hydrogens (tertiary/aromatic N) is 3. The third-order valence-electron chi connectivity index (χ3n) is 4.50. The lowest BCUT2D eigenvalue weighted by atomic mass is 10.1. The van der Waals surface area contributed by atoms with E-state index in [1.807, 2.05) is 72.3 Å². The van der Waals surface area contributed by atoms with Gasteiger partial charge >= 0.3 is 0 Å². The van der Waals surface area contributed by atoms with Crippen LogP contribution in [0.5, 0.6) is 0 Å². The molecule has 2 aromatic carbocycles. The summed E-state index contributed by atoms with van der Waals surface area (Å²) in [5, 5.41) is 8.23. The van der Waals surface area contributed by atoms with Crippen molar-refractivity contribution >= 4 is 57.1 Å². The Kier molecular flexibility index (Phi) is 6.53. The molecule has 160 valence electrons. The summed E-state index contributed by atoms with van der Waals surface area (Å²) in [5.74, 6) is -0.390. The van der Waals surface area contributed by atoms with Crippen LogP contribution >= 0.6 is 22.7 Å². The van der Waals surface area contributed by atoms with E-state index in [-0.39, 0.29) is 11.8 Å². The molecule has 2 aromatic heterocycles. The van der Waals surface area contributed by atoms with Crippen molar-refractivity contribution in [3.05, 3.63) is 82.1 Å². The molecule has 0 saturated heterocycles. The van der Waals surface area contributed by atoms with Gasteiger partial charge < -0.3 is 5.32 Å². The number of aromatic nitrogens is 2. The van der Waals surface area contributed by atoms with Crippen molar-refractivity contribution in [2.75, 3.05) is 10.2 Å². The fourth-order valence-electron chi connectivity index (χ4n) is 3.02. The maximum Gasteiger partial charge on any atom is 0.248 e. The minimum absolute atomic E-state index is 0.130. The van der Waals surface area contributed by atoms with Gasteiger partial charge in [0.05, 0.1) is 22.1 Å². The minimum atomic E-state index is -0.261. The number of anilines is 3. The van der Waals surface area contributed by atoms with E-state index in [1.54, 1.807) is 22.3 Å². The second kappa shape index (κ2) is 9.67. The SMILES string of the molecule is CC(=O)N(c1ccccc1)c1nc(/C=C/C(=O)Nc2ccc(-c3csc(C)n3)cc2)cs1. The molecule has 0 fully saturated rings. The number of hydrogen-bond acceptors (Lipinski definition) is 6. The van der Waals surface area contributed by atoms with Crippen LogP contribution in [-0.4, -0.2) is 21.8 Å². The van der Waals surface area contributed by atoms with Gasteiger partial charge in [-0.05, 0) is 37.3 Å². The van der Waals surface area contributed by atoms with E-state index in [0.717, 1.165) is 22.0 Å². The average molecular weight is 461 g/mol. The van der Waals surface area contributed by atoms with Crippen LogP contribution in [0, 0.1) is 6.92 Å². The normalized spacial score (nSPS) is 10.9. The summed E-state index contributed by atoms with van der Waals surface area (Å²) in [4.78, 5) is 35.0. The van der Waals surface area contributed by atoms with Crippen molar-refractivity contribution in [1.29, 1.82) is 0 Å². The predicted molar refractivity (Wildman–Crippen MR) is 131 cm³/mol. The highest BCUT2D eigenvalue weighted by atomic mass is 32.1. The average Bonchev–Trinajstić information content (AvgIpc) is 3.43. The Labute approximate surface area is 193 Å². The van der Waals surface area contributed by atoms with E-state index in [2.05, 4.69) is 15.3 Å². The Morgan fingerprint density at radius 2 is 1.72 bits per heavy atom. The Bertz CT molecular complexity index is 1260. The van der Waals surface area contributed by atoms with Crippen molar-refractivity contribution < 1.29 is 9.59 Å². The van der Waals surface area contributed by atoms with E-state index in [0.29, 0.717) is 16.5 Å². The summed E-state index contributed by atoms with van der Waals surface area (Å²) < 4.78 is 0. The molecule has 0 aliphatic rings. The zero-order valence-corrected chi connectivity index (χ0v) is 19.1. The molecule has 2 heterocycles. The van der Waals surface area contributed by atoms with Crippen LogP contribution < -0.4 is 10.2 Å². The Hall–Kier alpha value is -3.62. The highest BCUT2D eigenvalue weighted by Gasteiger charge is 2.17. The number of para-hydroxylation sites is 1. The molecule has 6 nitrogen and oxygen atoms in total. The zero-order valence-electron chi connectivity index (χ0n) is 17.5. The topological polar surface area (TPSA) is 75.2 Å². The lowest BCUT2D eigenvalue weighted by Gasteiger charge is -2.17. The molecule has 32 heavy (non-hydrogen) atoms. The lowest BCUT2D eigenvalue weighted by Crippen LogP contribution is -2.22. The quantitative estimate of drug-likeness (QED) is 0.363. The molecule has 4 aromatic rings. The van der Waals surface area contributed by atoms with Gasteiger partial charge in [0.2, 0.25) is 11.8 Å². The molecular formula is C24H20N4O2S2. The zero-order chi connectivity index (χ0) is 22.5. The van der Waals surface area contributed by atoms with Crippen LogP contribution in [0.3, 0.4) is 0 Å². The van der Waals surface area contributed by atoms with E-state index in [9.17, 15) is 9.59 Å². The molecule has 0 bridgehead atoms. The van der Waals surface area contributed by atoms with E-state index in [1.165, 1.54) is 24.3 Å². The standard InChI is InChI=1S/C24H20N4O2S2/c1-16-25-22(15-31-16)18-8-10-19(11-9-18)26-23(30)13-12-20-14-32-24(27-20)28(17(2)29)21-6-4-3-5-7-21/h3-15H,1-2H3,(H,26,30)/b13-12+. The smallest absolute Gasteiger partial charge is 0.248 e. The molecule has 0 aliphatic carbocycles. The number of carbonyl (C=O) groups is 2. The van der Waals surface area contributed by atoms with Crippen LogP contribution in [-0.2, 0) is 9.59 Å². The maximum absolute atomic E-state index is 12.3. The number of thiazole rings is 2. The predicted octanol–water partition coefficient (Wildman–Crippen LogP) is 5.91. The summed E-state index contributed by atoms with van der Waals surface area (Å²) in [6.45, 7) is 3.47. The first-order chi connectivity index (χ1) is 15.5. The first kappa shape index (κ1) is 21.6. The van der Waals surface area contributed by atoms with Gasteiger partial charge in [-0.25, -0.2) is 9.97 Å². The van der Waals surface area contributed by atoms with Crippen LogP contribution in [0.1, 0.15) is 17.6 Å². The highest BCUT2D eigenvalue weighted by Crippen LogP contribution is 2.29. The third-order valence-corrected chi connectivity index (χ3v) is 6.12. The van der Waals surface area contributed by atoms with Gasteiger partial charge in [0.1, 0.15) is 0 Å². The fraction of sp³-hybridized carbons (Fsp3) is 0.0833. The van der Waals surface area contributed by atoms with Crippen LogP contribution in [0.25, 0.3) is 17.3 Å². The van der Waals surface area contributed by atoms with Crippen LogP contribution in [0.4, 0.5) is 16.5 Å². The molecule has 8 heteroatoms. The van der Waals surface area contributed by atoms with Crippen LogP contribution in [0.2, 0.25) is 0 Å². The van der Waals surface area contributed by atoms with E-state index >= 15 is 0 Å². The maximum atomic E-state index is 12.3. The second-order valence-electron chi connectivity index (χ2n) is 6.90. The Balaban J connectivity index is 1.41. The van der Waals surface area contributed by atoms with Crippen LogP contribution in [0.15, 0.2) is 71.4 Å². The molecule has 0 unspecified atom stereocenters. The number of nitrogens with one attached hydrogen (secondary N) is 1. The third kappa shape index (κ3) is 5.16. The van der Waals surface area contributed by atoms with Gasteiger partial charge in [0.25, 0.3) is 0 Å². The van der Waals surface area contributed by atoms with E-state index < -0.39 is 0 Å². The summed E-state index contributed by atoms with van der Waals surface area (Å²) in [6, 6.07) is 16.9. The van der Waals surface area contributed by atoms with Crippen molar-refractivity contribution in [2.24, 2.45) is 0 Å². The summed E-state index contributed by atoms with van der Waals surface area (Å²) in [6.07, 6.45) is 3.06. The highest BCUT2D eigenvalue weighted by molar-refractivity contribution is 7.14. The van der Waals surface area contributed by atoms with Gasteiger partial charge in [-0.15, -0.1) is 22.7 Å². The number of rotatable bonds is 6. The summed E-state index contributed by atoms with van der Waals surface area (Å²) in [5.41, 5.74) is 3.99.